The number of amides is 1. The molecule has 0 bridgehead atoms. The summed E-state index contributed by atoms with van der Waals surface area (Å²) in [7, 11) is 0. The molecule has 29 heavy (non-hydrogen) atoms. The first-order chi connectivity index (χ1) is 14.0. The Morgan fingerprint density at radius 1 is 1.21 bits per heavy atom. The van der Waals surface area contributed by atoms with Crippen LogP contribution in [0.1, 0.15) is 33.3 Å². The molecule has 1 amide bonds. The normalized spacial score (nSPS) is 17.0. The Morgan fingerprint density at radius 3 is 2.72 bits per heavy atom. The summed E-state index contributed by atoms with van der Waals surface area (Å²) >= 11 is 1.46. The fourth-order valence-electron chi connectivity index (χ4n) is 3.80. The van der Waals surface area contributed by atoms with Gasteiger partial charge in [-0.25, -0.2) is 0 Å². The van der Waals surface area contributed by atoms with E-state index >= 15 is 0 Å². The maximum Gasteiger partial charge on any atom is 0.240 e. The third kappa shape index (κ3) is 3.83. The Balaban J connectivity index is 1.58. The van der Waals surface area contributed by atoms with Gasteiger partial charge in [-0.2, -0.15) is 0 Å². The van der Waals surface area contributed by atoms with Gasteiger partial charge in [0.15, 0.2) is 16.7 Å². The van der Waals surface area contributed by atoms with Gasteiger partial charge in [0, 0.05) is 18.3 Å². The number of benzene rings is 1. The molecule has 7 heteroatoms. The summed E-state index contributed by atoms with van der Waals surface area (Å²) < 4.78 is 7.59. The van der Waals surface area contributed by atoms with Crippen LogP contribution in [0.5, 0.6) is 0 Å². The highest BCUT2D eigenvalue weighted by atomic mass is 32.2. The number of fused-ring (bicyclic) bond motifs is 1. The number of hydrogen-bond donors (Lipinski definition) is 0. The summed E-state index contributed by atoms with van der Waals surface area (Å²) in [6, 6.07) is 12.0. The largest absolute Gasteiger partial charge is 0.461 e. The monoisotopic (exact) mass is 410 g/mol. The van der Waals surface area contributed by atoms with Gasteiger partial charge >= 0.3 is 0 Å². The number of rotatable bonds is 6. The molecular weight excluding hydrogens is 384 g/mol. The average Bonchev–Trinajstić information content (AvgIpc) is 3.40. The van der Waals surface area contributed by atoms with E-state index in [2.05, 4.69) is 41.6 Å². The summed E-state index contributed by atoms with van der Waals surface area (Å²) in [4.78, 5) is 15.3. The highest BCUT2D eigenvalue weighted by molar-refractivity contribution is 8.00. The van der Waals surface area contributed by atoms with Crippen molar-refractivity contribution in [3.05, 3.63) is 48.2 Å². The van der Waals surface area contributed by atoms with Crippen molar-refractivity contribution in [3.63, 3.8) is 0 Å². The second kappa shape index (κ2) is 8.06. The number of furan rings is 1. The van der Waals surface area contributed by atoms with Crippen molar-refractivity contribution in [2.24, 2.45) is 5.92 Å². The van der Waals surface area contributed by atoms with Crippen LogP contribution in [-0.4, -0.2) is 32.0 Å². The number of para-hydroxylation sites is 1. The molecule has 0 fully saturated rings. The van der Waals surface area contributed by atoms with E-state index in [4.69, 9.17) is 4.42 Å². The second-order valence-corrected chi connectivity index (χ2v) is 9.25. The number of nitrogens with zero attached hydrogens (tertiary/aromatic N) is 4. The number of thioether (sulfide) groups is 1. The highest BCUT2D eigenvalue weighted by Gasteiger charge is 2.34. The summed E-state index contributed by atoms with van der Waals surface area (Å²) in [5, 5.41) is 9.20. The van der Waals surface area contributed by atoms with Gasteiger partial charge in [-0.05, 0) is 49.9 Å². The van der Waals surface area contributed by atoms with Gasteiger partial charge in [-0.15, -0.1) is 10.2 Å². The lowest BCUT2D eigenvalue weighted by molar-refractivity contribution is -0.118. The van der Waals surface area contributed by atoms with Crippen molar-refractivity contribution >= 4 is 23.4 Å². The molecule has 0 spiro atoms. The number of aromatic nitrogens is 3. The molecule has 3 aromatic rings. The number of carbonyl (C=O) groups excluding carboxylic acids is 1. The Labute approximate surface area is 175 Å². The number of carbonyl (C=O) groups is 1. The third-order valence-corrected chi connectivity index (χ3v) is 6.15. The molecule has 4 rings (SSSR count). The maximum absolute atomic E-state index is 13.3. The van der Waals surface area contributed by atoms with E-state index in [1.807, 2.05) is 42.2 Å². The van der Waals surface area contributed by atoms with Gasteiger partial charge in [0.2, 0.25) is 5.91 Å². The zero-order valence-electron chi connectivity index (χ0n) is 17.2. The van der Waals surface area contributed by atoms with E-state index in [1.54, 1.807) is 6.26 Å². The van der Waals surface area contributed by atoms with Crippen LogP contribution in [0.15, 0.2) is 52.2 Å². The molecule has 6 nitrogen and oxygen atoms in total. The van der Waals surface area contributed by atoms with E-state index in [-0.39, 0.29) is 17.2 Å². The molecule has 2 aromatic heterocycles. The summed E-state index contributed by atoms with van der Waals surface area (Å²) in [5.41, 5.74) is 2.26. The topological polar surface area (TPSA) is 64.2 Å². The molecule has 152 valence electrons. The van der Waals surface area contributed by atoms with Crippen LogP contribution in [0.4, 0.5) is 5.69 Å². The molecule has 0 radical (unpaired) electrons. The highest BCUT2D eigenvalue weighted by Crippen LogP contribution is 2.35. The molecule has 1 aliphatic heterocycles. The van der Waals surface area contributed by atoms with Gasteiger partial charge in [0.1, 0.15) is 0 Å². The lowest BCUT2D eigenvalue weighted by Crippen LogP contribution is -2.40. The van der Waals surface area contributed by atoms with Crippen LogP contribution < -0.4 is 4.90 Å². The minimum absolute atomic E-state index is 0.103. The lowest BCUT2D eigenvalue weighted by Gasteiger charge is -2.25. The molecule has 0 saturated heterocycles. The average molecular weight is 411 g/mol. The van der Waals surface area contributed by atoms with Crippen molar-refractivity contribution in [1.29, 1.82) is 0 Å². The minimum atomic E-state index is -0.275. The first-order valence-electron chi connectivity index (χ1n) is 10.0. The van der Waals surface area contributed by atoms with Gasteiger partial charge < -0.3 is 9.32 Å². The molecule has 0 saturated carbocycles. The molecule has 1 aliphatic rings. The van der Waals surface area contributed by atoms with Crippen LogP contribution in [0.3, 0.4) is 0 Å². The SMILES string of the molecule is CC(C)Cn1c(SC(C)C(=O)N2c3ccccc3CC2C)nnc1-c1ccco1. The zero-order chi connectivity index (χ0) is 20.5. The van der Waals surface area contributed by atoms with Crippen LogP contribution in [0, 0.1) is 5.92 Å². The predicted molar refractivity (Wildman–Crippen MR) is 115 cm³/mol. The summed E-state index contributed by atoms with van der Waals surface area (Å²) in [6.07, 6.45) is 2.53. The van der Waals surface area contributed by atoms with Crippen LogP contribution in [0.2, 0.25) is 0 Å². The first-order valence-corrected chi connectivity index (χ1v) is 10.9. The van der Waals surface area contributed by atoms with Gasteiger partial charge in [0.25, 0.3) is 0 Å². The first kappa shape index (κ1) is 19.8. The van der Waals surface area contributed by atoms with Crippen molar-refractivity contribution < 1.29 is 9.21 Å². The Hall–Kier alpha value is -2.54. The Morgan fingerprint density at radius 2 is 2.00 bits per heavy atom. The van der Waals surface area contributed by atoms with E-state index in [1.165, 1.54) is 17.3 Å². The quantitative estimate of drug-likeness (QED) is 0.553. The van der Waals surface area contributed by atoms with Crippen molar-refractivity contribution in [1.82, 2.24) is 14.8 Å². The van der Waals surface area contributed by atoms with Gasteiger partial charge in [0.05, 0.1) is 11.5 Å². The molecule has 0 aliphatic carbocycles. The molecule has 2 unspecified atom stereocenters. The molecule has 1 aromatic carbocycles. The molecule has 2 atom stereocenters. The second-order valence-electron chi connectivity index (χ2n) is 7.94. The predicted octanol–water partition coefficient (Wildman–Crippen LogP) is 4.65. The Kier molecular flexibility index (Phi) is 5.50. The van der Waals surface area contributed by atoms with Gasteiger partial charge in [-0.3, -0.25) is 9.36 Å². The number of anilines is 1. The van der Waals surface area contributed by atoms with Crippen molar-refractivity contribution in [3.8, 4) is 11.6 Å². The van der Waals surface area contributed by atoms with E-state index in [9.17, 15) is 4.79 Å². The minimum Gasteiger partial charge on any atom is -0.461 e. The van der Waals surface area contributed by atoms with Crippen LogP contribution in [0.25, 0.3) is 11.6 Å². The zero-order valence-corrected chi connectivity index (χ0v) is 18.0. The van der Waals surface area contributed by atoms with E-state index in [0.717, 1.165) is 23.8 Å². The summed E-state index contributed by atoms with van der Waals surface area (Å²) in [5.74, 6) is 1.90. The van der Waals surface area contributed by atoms with Crippen LogP contribution in [-0.2, 0) is 17.8 Å². The van der Waals surface area contributed by atoms with Crippen molar-refractivity contribution in [2.75, 3.05) is 4.90 Å². The van der Waals surface area contributed by atoms with E-state index < -0.39 is 0 Å². The van der Waals surface area contributed by atoms with E-state index in [0.29, 0.717) is 17.5 Å². The van der Waals surface area contributed by atoms with Crippen molar-refractivity contribution in [2.45, 2.75) is 57.1 Å². The standard InChI is InChI=1S/C22H26N4O2S/c1-14(2)13-25-20(19-10-7-11-28-19)23-24-22(25)29-16(4)21(27)26-15(3)12-17-8-5-6-9-18(17)26/h5-11,14-16H,12-13H2,1-4H3. The maximum atomic E-state index is 13.3. The fourth-order valence-corrected chi connectivity index (χ4v) is 4.71. The number of hydrogen-bond acceptors (Lipinski definition) is 5. The lowest BCUT2D eigenvalue weighted by atomic mass is 10.1. The fraction of sp³-hybridized carbons (Fsp3) is 0.409. The molecular formula is C22H26N4O2S. The van der Waals surface area contributed by atoms with Gasteiger partial charge in [-0.1, -0.05) is 43.8 Å². The molecule has 0 N–H and O–H groups in total. The smallest absolute Gasteiger partial charge is 0.240 e. The Bertz CT molecular complexity index is 996. The molecule has 3 heterocycles. The third-order valence-electron chi connectivity index (χ3n) is 5.08. The summed E-state index contributed by atoms with van der Waals surface area (Å²) in [6.45, 7) is 9.11. The van der Waals surface area contributed by atoms with Crippen LogP contribution >= 0.6 is 11.8 Å².